The summed E-state index contributed by atoms with van der Waals surface area (Å²) < 4.78 is 13.7. The van der Waals surface area contributed by atoms with Crippen LogP contribution in [0.2, 0.25) is 0 Å². The predicted octanol–water partition coefficient (Wildman–Crippen LogP) is 2.33. The molecular weight excluding hydrogens is 347 g/mol. The molecule has 0 fully saturated rings. The van der Waals surface area contributed by atoms with Crippen LogP contribution in [0.5, 0.6) is 11.5 Å². The summed E-state index contributed by atoms with van der Waals surface area (Å²) in [6.45, 7) is 0.660. The van der Waals surface area contributed by atoms with Crippen LogP contribution >= 0.6 is 12.6 Å². The molecule has 8 heteroatoms. The minimum absolute atomic E-state index is 0.407. The largest absolute Gasteiger partial charge is 0.632 e. The second-order valence-corrected chi connectivity index (χ2v) is 6.42. The van der Waals surface area contributed by atoms with Gasteiger partial charge in [-0.25, -0.2) is 15.0 Å². The summed E-state index contributed by atoms with van der Waals surface area (Å²) in [5.41, 5.74) is 3.58. The highest BCUT2D eigenvalue weighted by Gasteiger charge is 2.33. The van der Waals surface area contributed by atoms with Gasteiger partial charge in [-0.05, 0) is 17.7 Å². The van der Waals surface area contributed by atoms with Gasteiger partial charge in [-0.3, -0.25) is 0 Å². The van der Waals surface area contributed by atoms with Crippen molar-refractivity contribution in [2.75, 3.05) is 0 Å². The van der Waals surface area contributed by atoms with Crippen molar-refractivity contribution in [3.8, 4) is 11.5 Å². The molecule has 0 radical (unpaired) electrons. The minimum atomic E-state index is -0.407. The molecular formula is C18H13BN4O2S. The fourth-order valence-electron chi connectivity index (χ4n) is 3.00. The zero-order valence-corrected chi connectivity index (χ0v) is 14.5. The van der Waals surface area contributed by atoms with E-state index in [1.807, 2.05) is 41.0 Å². The Morgan fingerprint density at radius 3 is 2.38 bits per heavy atom. The van der Waals surface area contributed by atoms with Gasteiger partial charge in [0.2, 0.25) is 0 Å². The molecule has 0 N–H and O–H groups in total. The third-order valence-electron chi connectivity index (χ3n) is 4.30. The molecule has 0 amide bonds. The Morgan fingerprint density at radius 2 is 1.65 bits per heavy atom. The molecule has 2 aromatic heterocycles. The summed E-state index contributed by atoms with van der Waals surface area (Å²) in [5.74, 6) is 1.54. The highest BCUT2D eigenvalue weighted by atomic mass is 32.1. The van der Waals surface area contributed by atoms with Crippen LogP contribution < -0.4 is 14.8 Å². The van der Waals surface area contributed by atoms with Gasteiger partial charge in [-0.2, -0.15) is 0 Å². The van der Waals surface area contributed by atoms with Gasteiger partial charge in [-0.15, -0.1) is 12.6 Å². The van der Waals surface area contributed by atoms with Crippen molar-refractivity contribution >= 4 is 36.4 Å². The van der Waals surface area contributed by atoms with Gasteiger partial charge in [0.15, 0.2) is 5.65 Å². The summed E-state index contributed by atoms with van der Waals surface area (Å²) >= 11 is 4.32. The maximum absolute atomic E-state index is 5.85. The third kappa shape index (κ3) is 2.59. The average molecular weight is 360 g/mol. The number of aromatic nitrogens is 4. The summed E-state index contributed by atoms with van der Waals surface area (Å²) in [4.78, 5) is 12.7. The smallest absolute Gasteiger partial charge is 0.519 e. The SMILES string of the molecule is Sc1ncnc2c1ncn2Cc1ccc(B2Oc3ccccc3O2)cc1. The monoisotopic (exact) mass is 360 g/mol. The normalized spacial score (nSPS) is 12.7. The van der Waals surface area contributed by atoms with E-state index in [0.29, 0.717) is 17.1 Å². The molecule has 26 heavy (non-hydrogen) atoms. The zero-order chi connectivity index (χ0) is 17.5. The molecule has 126 valence electrons. The molecule has 0 aliphatic carbocycles. The second kappa shape index (κ2) is 6.07. The minimum Gasteiger partial charge on any atom is -0.519 e. The highest BCUT2D eigenvalue weighted by molar-refractivity contribution is 7.80. The Hall–Kier alpha value is -3.00. The lowest BCUT2D eigenvalue weighted by molar-refractivity contribution is 0.519. The van der Waals surface area contributed by atoms with Crippen molar-refractivity contribution in [1.82, 2.24) is 19.5 Å². The first-order valence-corrected chi connectivity index (χ1v) is 8.58. The summed E-state index contributed by atoms with van der Waals surface area (Å²) in [5, 5.41) is 0.583. The zero-order valence-electron chi connectivity index (χ0n) is 13.6. The first kappa shape index (κ1) is 15.3. The van der Waals surface area contributed by atoms with Crippen molar-refractivity contribution in [2.45, 2.75) is 11.6 Å². The van der Waals surface area contributed by atoms with Crippen LogP contribution in [0.3, 0.4) is 0 Å². The lowest BCUT2D eigenvalue weighted by Crippen LogP contribution is -2.38. The Balaban J connectivity index is 1.36. The first-order chi connectivity index (χ1) is 12.8. The van der Waals surface area contributed by atoms with E-state index in [1.165, 1.54) is 6.33 Å². The number of para-hydroxylation sites is 2. The Labute approximate surface area is 155 Å². The Morgan fingerprint density at radius 1 is 0.923 bits per heavy atom. The van der Waals surface area contributed by atoms with Crippen molar-refractivity contribution in [2.24, 2.45) is 0 Å². The molecule has 6 nitrogen and oxygen atoms in total. The van der Waals surface area contributed by atoms with Gasteiger partial charge in [0.25, 0.3) is 0 Å². The van der Waals surface area contributed by atoms with Crippen LogP contribution in [0, 0.1) is 0 Å². The van der Waals surface area contributed by atoms with Crippen LogP contribution in [-0.4, -0.2) is 26.6 Å². The maximum Gasteiger partial charge on any atom is 0.632 e. The Kier molecular flexibility index (Phi) is 3.56. The molecule has 1 aliphatic rings. The van der Waals surface area contributed by atoms with Gasteiger partial charge in [0, 0.05) is 5.46 Å². The number of nitrogens with zero attached hydrogens (tertiary/aromatic N) is 4. The molecule has 0 bridgehead atoms. The van der Waals surface area contributed by atoms with E-state index in [1.54, 1.807) is 6.33 Å². The lowest BCUT2D eigenvalue weighted by atomic mass is 9.79. The number of benzene rings is 2. The van der Waals surface area contributed by atoms with Crippen LogP contribution in [0.25, 0.3) is 11.2 Å². The number of fused-ring (bicyclic) bond motifs is 2. The molecule has 5 rings (SSSR count). The van der Waals surface area contributed by atoms with Crippen molar-refractivity contribution in [3.05, 3.63) is 66.7 Å². The van der Waals surface area contributed by atoms with Crippen molar-refractivity contribution < 1.29 is 9.31 Å². The standard InChI is InChI=1S/C18H13BN4O2S/c26-18-16-17(20-10-21-18)23(11-22-16)9-12-5-7-13(8-6-12)19-24-14-3-1-2-4-15(14)25-19/h1-8,10-11H,9H2,(H,20,21,26). The van der Waals surface area contributed by atoms with Gasteiger partial charge in [0.05, 0.1) is 12.9 Å². The quantitative estimate of drug-likeness (QED) is 0.345. The molecule has 4 aromatic rings. The predicted molar refractivity (Wildman–Crippen MR) is 101 cm³/mol. The first-order valence-electron chi connectivity index (χ1n) is 8.14. The lowest BCUT2D eigenvalue weighted by Gasteiger charge is -2.07. The van der Waals surface area contributed by atoms with Gasteiger partial charge in [0.1, 0.15) is 28.4 Å². The third-order valence-corrected chi connectivity index (χ3v) is 4.63. The number of hydrogen-bond acceptors (Lipinski definition) is 6. The molecule has 2 aromatic carbocycles. The van der Waals surface area contributed by atoms with Crippen molar-refractivity contribution in [1.29, 1.82) is 0 Å². The van der Waals surface area contributed by atoms with Crippen LogP contribution in [0.4, 0.5) is 0 Å². The van der Waals surface area contributed by atoms with Crippen molar-refractivity contribution in [3.63, 3.8) is 0 Å². The fourth-order valence-corrected chi connectivity index (χ4v) is 3.21. The number of thiol groups is 1. The van der Waals surface area contributed by atoms with Gasteiger partial charge in [-0.1, -0.05) is 36.4 Å². The van der Waals surface area contributed by atoms with Crippen LogP contribution in [0.15, 0.2) is 66.2 Å². The molecule has 0 saturated carbocycles. The fraction of sp³-hybridized carbons (Fsp3) is 0.0556. The number of imidazole rings is 1. The molecule has 0 atom stereocenters. The number of hydrogen-bond donors (Lipinski definition) is 1. The second-order valence-electron chi connectivity index (χ2n) is 6.00. The number of rotatable bonds is 3. The highest BCUT2D eigenvalue weighted by Crippen LogP contribution is 2.32. The topological polar surface area (TPSA) is 62.1 Å². The molecule has 3 heterocycles. The molecule has 1 aliphatic heterocycles. The van der Waals surface area contributed by atoms with E-state index in [-0.39, 0.29) is 0 Å². The molecule has 0 spiro atoms. The average Bonchev–Trinajstić information content (AvgIpc) is 3.28. The van der Waals surface area contributed by atoms with E-state index in [4.69, 9.17) is 9.31 Å². The molecule has 0 unspecified atom stereocenters. The van der Waals surface area contributed by atoms with E-state index in [0.717, 1.165) is 28.2 Å². The maximum atomic E-state index is 5.85. The van der Waals surface area contributed by atoms with Gasteiger partial charge < -0.3 is 13.9 Å². The van der Waals surface area contributed by atoms with E-state index in [2.05, 4.69) is 39.7 Å². The summed E-state index contributed by atoms with van der Waals surface area (Å²) in [7, 11) is -0.407. The van der Waals surface area contributed by atoms with Gasteiger partial charge >= 0.3 is 7.12 Å². The summed E-state index contributed by atoms with van der Waals surface area (Å²) in [6, 6.07) is 15.8. The van der Waals surface area contributed by atoms with E-state index in [9.17, 15) is 0 Å². The van der Waals surface area contributed by atoms with Crippen LogP contribution in [-0.2, 0) is 6.54 Å². The van der Waals surface area contributed by atoms with Crippen LogP contribution in [0.1, 0.15) is 5.56 Å². The van der Waals surface area contributed by atoms with E-state index < -0.39 is 7.12 Å². The van der Waals surface area contributed by atoms with E-state index >= 15 is 0 Å². The molecule has 0 saturated heterocycles. The Bertz CT molecular complexity index is 1080. The summed E-state index contributed by atoms with van der Waals surface area (Å²) in [6.07, 6.45) is 3.26.